The summed E-state index contributed by atoms with van der Waals surface area (Å²) in [5, 5.41) is 0. The van der Waals surface area contributed by atoms with E-state index in [2.05, 4.69) is 36.1 Å². The van der Waals surface area contributed by atoms with E-state index in [1.54, 1.807) is 5.56 Å². The zero-order valence-electron chi connectivity index (χ0n) is 11.7. The molecule has 2 heteroatoms. The van der Waals surface area contributed by atoms with E-state index in [1.807, 2.05) is 0 Å². The normalized spacial score (nSPS) is 35.3. The Hall–Kier alpha value is -0.860. The minimum absolute atomic E-state index is 0.733. The van der Waals surface area contributed by atoms with Crippen LogP contribution in [0.1, 0.15) is 42.7 Å². The largest absolute Gasteiger partial charge is 0.378 e. The van der Waals surface area contributed by atoms with Crippen LogP contribution >= 0.6 is 0 Å². The molecule has 0 aliphatic carbocycles. The van der Waals surface area contributed by atoms with E-state index < -0.39 is 0 Å². The van der Waals surface area contributed by atoms with Crippen LogP contribution in [0.4, 0.5) is 0 Å². The second-order valence-corrected chi connectivity index (χ2v) is 6.60. The molecule has 0 N–H and O–H groups in total. The first-order valence-electron chi connectivity index (χ1n) is 7.73. The van der Waals surface area contributed by atoms with Gasteiger partial charge in [-0.25, -0.2) is 0 Å². The Bertz CT molecular complexity index is 437. The van der Waals surface area contributed by atoms with E-state index in [1.165, 1.54) is 31.2 Å². The Kier molecular flexibility index (Phi) is 2.89. The van der Waals surface area contributed by atoms with Gasteiger partial charge in [-0.15, -0.1) is 0 Å². The third-order valence-corrected chi connectivity index (χ3v) is 5.38. The van der Waals surface area contributed by atoms with Gasteiger partial charge >= 0.3 is 0 Å². The average molecular weight is 257 g/mol. The van der Waals surface area contributed by atoms with Crippen molar-refractivity contribution in [2.75, 3.05) is 13.2 Å². The summed E-state index contributed by atoms with van der Waals surface area (Å²) < 4.78 is 5.40. The van der Waals surface area contributed by atoms with Crippen molar-refractivity contribution in [3.63, 3.8) is 0 Å². The number of hydrogen-bond acceptors (Lipinski definition) is 2. The van der Waals surface area contributed by atoms with Gasteiger partial charge in [0, 0.05) is 12.1 Å². The number of aryl methyl sites for hydroxylation is 1. The van der Waals surface area contributed by atoms with Crippen molar-refractivity contribution in [1.29, 1.82) is 0 Å². The molecule has 19 heavy (non-hydrogen) atoms. The minimum atomic E-state index is 0.733. The van der Waals surface area contributed by atoms with Crippen molar-refractivity contribution in [3.8, 4) is 0 Å². The van der Waals surface area contributed by atoms with Crippen molar-refractivity contribution in [2.45, 2.75) is 56.7 Å². The second-order valence-electron chi connectivity index (χ2n) is 6.60. The van der Waals surface area contributed by atoms with Gasteiger partial charge in [-0.1, -0.05) is 29.8 Å². The standard InChI is InChI=1S/C17H23NO/c1-12-2-4-13(5-3-12)14-8-15-6-7-16(9-14)18(15)17-10-19-11-17/h2-5,14-17H,6-11H2,1H3. The zero-order chi connectivity index (χ0) is 12.8. The van der Waals surface area contributed by atoms with Crippen LogP contribution in [0.2, 0.25) is 0 Å². The van der Waals surface area contributed by atoms with Crippen molar-refractivity contribution in [1.82, 2.24) is 4.90 Å². The second kappa shape index (κ2) is 4.60. The molecule has 102 valence electrons. The summed E-state index contributed by atoms with van der Waals surface area (Å²) >= 11 is 0. The van der Waals surface area contributed by atoms with Gasteiger partial charge in [0.15, 0.2) is 0 Å². The average Bonchev–Trinajstić information content (AvgIpc) is 2.60. The number of piperidine rings is 1. The Morgan fingerprint density at radius 3 is 2.11 bits per heavy atom. The fourth-order valence-electron chi connectivity index (χ4n) is 4.32. The highest BCUT2D eigenvalue weighted by atomic mass is 16.5. The molecule has 3 heterocycles. The molecule has 3 saturated heterocycles. The predicted molar refractivity (Wildman–Crippen MR) is 76.4 cm³/mol. The van der Waals surface area contributed by atoms with Crippen LogP contribution in [0.3, 0.4) is 0 Å². The van der Waals surface area contributed by atoms with Gasteiger partial charge in [-0.3, -0.25) is 4.90 Å². The minimum Gasteiger partial charge on any atom is -0.378 e. The van der Waals surface area contributed by atoms with Gasteiger partial charge in [0.25, 0.3) is 0 Å². The topological polar surface area (TPSA) is 12.5 Å². The van der Waals surface area contributed by atoms with Crippen LogP contribution < -0.4 is 0 Å². The molecular formula is C17H23NO. The summed E-state index contributed by atoms with van der Waals surface area (Å²) in [6.07, 6.45) is 5.53. The van der Waals surface area contributed by atoms with Gasteiger partial charge in [0.05, 0.1) is 19.3 Å². The molecule has 3 aliphatic heterocycles. The van der Waals surface area contributed by atoms with E-state index in [4.69, 9.17) is 4.74 Å². The Morgan fingerprint density at radius 2 is 1.58 bits per heavy atom. The SMILES string of the molecule is Cc1ccc(C2CC3CCC(C2)N3C2COC2)cc1. The molecule has 0 saturated carbocycles. The number of hydrogen-bond donors (Lipinski definition) is 0. The third kappa shape index (κ3) is 2.02. The van der Waals surface area contributed by atoms with Crippen molar-refractivity contribution >= 4 is 0 Å². The van der Waals surface area contributed by atoms with Gasteiger partial charge in [0.1, 0.15) is 0 Å². The third-order valence-electron chi connectivity index (χ3n) is 5.38. The molecule has 4 rings (SSSR count). The predicted octanol–water partition coefficient (Wildman–Crippen LogP) is 3.10. The first-order chi connectivity index (χ1) is 9.31. The van der Waals surface area contributed by atoms with E-state index in [0.29, 0.717) is 0 Å². The summed E-state index contributed by atoms with van der Waals surface area (Å²) in [6, 6.07) is 11.6. The van der Waals surface area contributed by atoms with Crippen LogP contribution in [-0.2, 0) is 4.74 Å². The van der Waals surface area contributed by atoms with Gasteiger partial charge < -0.3 is 4.74 Å². The van der Waals surface area contributed by atoms with Gasteiger partial charge in [0.2, 0.25) is 0 Å². The summed E-state index contributed by atoms with van der Waals surface area (Å²) in [5.41, 5.74) is 2.93. The van der Waals surface area contributed by atoms with E-state index >= 15 is 0 Å². The molecule has 0 amide bonds. The van der Waals surface area contributed by atoms with Gasteiger partial charge in [-0.05, 0) is 44.1 Å². The fraction of sp³-hybridized carbons (Fsp3) is 0.647. The highest BCUT2D eigenvalue weighted by Crippen LogP contribution is 2.44. The van der Waals surface area contributed by atoms with Crippen LogP contribution in [0.25, 0.3) is 0 Å². The maximum Gasteiger partial charge on any atom is 0.0645 e. The zero-order valence-corrected chi connectivity index (χ0v) is 11.7. The maximum absolute atomic E-state index is 5.40. The summed E-state index contributed by atoms with van der Waals surface area (Å²) in [7, 11) is 0. The fourth-order valence-corrected chi connectivity index (χ4v) is 4.32. The molecule has 0 spiro atoms. The molecule has 2 atom stereocenters. The quantitative estimate of drug-likeness (QED) is 0.807. The number of rotatable bonds is 2. The summed E-state index contributed by atoms with van der Waals surface area (Å²) in [6.45, 7) is 4.12. The molecule has 2 bridgehead atoms. The van der Waals surface area contributed by atoms with Gasteiger partial charge in [-0.2, -0.15) is 0 Å². The van der Waals surface area contributed by atoms with E-state index in [9.17, 15) is 0 Å². The monoisotopic (exact) mass is 257 g/mol. The van der Waals surface area contributed by atoms with Crippen LogP contribution in [0.5, 0.6) is 0 Å². The van der Waals surface area contributed by atoms with Crippen molar-refractivity contribution in [3.05, 3.63) is 35.4 Å². The first kappa shape index (κ1) is 11.9. The number of nitrogens with zero attached hydrogens (tertiary/aromatic N) is 1. The van der Waals surface area contributed by atoms with E-state index in [-0.39, 0.29) is 0 Å². The van der Waals surface area contributed by atoms with Crippen LogP contribution in [0.15, 0.2) is 24.3 Å². The molecular weight excluding hydrogens is 234 g/mol. The summed E-state index contributed by atoms with van der Waals surface area (Å²) in [5.74, 6) is 0.787. The lowest BCUT2D eigenvalue weighted by atomic mass is 9.84. The highest BCUT2D eigenvalue weighted by molar-refractivity contribution is 5.26. The van der Waals surface area contributed by atoms with E-state index in [0.717, 1.165) is 37.3 Å². The Labute approximate surface area is 115 Å². The maximum atomic E-state index is 5.40. The molecule has 2 nitrogen and oxygen atoms in total. The summed E-state index contributed by atoms with van der Waals surface area (Å²) in [4.78, 5) is 2.80. The number of benzene rings is 1. The lowest BCUT2D eigenvalue weighted by Crippen LogP contribution is -2.56. The smallest absolute Gasteiger partial charge is 0.0645 e. The lowest BCUT2D eigenvalue weighted by molar-refractivity contribution is -0.0928. The molecule has 1 aromatic rings. The Balaban J connectivity index is 1.52. The van der Waals surface area contributed by atoms with Crippen LogP contribution in [-0.4, -0.2) is 36.2 Å². The number of fused-ring (bicyclic) bond motifs is 2. The van der Waals surface area contributed by atoms with Crippen molar-refractivity contribution in [2.24, 2.45) is 0 Å². The molecule has 0 aromatic heterocycles. The Morgan fingerprint density at radius 1 is 0.947 bits per heavy atom. The highest BCUT2D eigenvalue weighted by Gasteiger charge is 2.45. The number of ether oxygens (including phenoxy) is 1. The first-order valence-corrected chi connectivity index (χ1v) is 7.73. The molecule has 2 unspecified atom stereocenters. The molecule has 3 fully saturated rings. The molecule has 0 radical (unpaired) electrons. The molecule has 1 aromatic carbocycles. The molecule has 3 aliphatic rings. The van der Waals surface area contributed by atoms with Crippen molar-refractivity contribution < 1.29 is 4.74 Å². The lowest BCUT2D eigenvalue weighted by Gasteiger charge is -2.46. The van der Waals surface area contributed by atoms with Crippen LogP contribution in [0, 0.1) is 6.92 Å².